The summed E-state index contributed by atoms with van der Waals surface area (Å²) in [5.41, 5.74) is 4.13. The van der Waals surface area contributed by atoms with Crippen molar-refractivity contribution in [3.05, 3.63) is 77.9 Å². The molecule has 8 nitrogen and oxygen atoms in total. The van der Waals surface area contributed by atoms with Crippen LogP contribution in [0.2, 0.25) is 0 Å². The Kier molecular flexibility index (Phi) is 8.53. The molecule has 1 fully saturated rings. The normalized spacial score (nSPS) is 18.9. The van der Waals surface area contributed by atoms with Crippen molar-refractivity contribution in [3.63, 3.8) is 0 Å². The van der Waals surface area contributed by atoms with Crippen molar-refractivity contribution in [2.45, 2.75) is 49.1 Å². The van der Waals surface area contributed by atoms with Gasteiger partial charge in [-0.3, -0.25) is 10.2 Å². The van der Waals surface area contributed by atoms with Crippen LogP contribution in [0.3, 0.4) is 0 Å². The van der Waals surface area contributed by atoms with Gasteiger partial charge in [-0.25, -0.2) is 16.8 Å². The fourth-order valence-electron chi connectivity index (χ4n) is 4.48. The van der Waals surface area contributed by atoms with Crippen LogP contribution in [-0.4, -0.2) is 55.8 Å². The Hall–Kier alpha value is -2.44. The van der Waals surface area contributed by atoms with Crippen LogP contribution in [0, 0.1) is 12.8 Å². The number of thiol groups is 1. The molecule has 1 amide bonds. The number of aryl methyl sites for hydroxylation is 1. The van der Waals surface area contributed by atoms with E-state index in [2.05, 4.69) is 18.1 Å². The predicted molar refractivity (Wildman–Crippen MR) is 153 cm³/mol. The van der Waals surface area contributed by atoms with Gasteiger partial charge in [0, 0.05) is 18.3 Å². The molecule has 0 radical (unpaired) electrons. The number of nitrogens with one attached hydrogen (secondary N) is 1. The van der Waals surface area contributed by atoms with Gasteiger partial charge in [0.25, 0.3) is 5.91 Å². The lowest BCUT2D eigenvalue weighted by molar-refractivity contribution is -0.127. The van der Waals surface area contributed by atoms with E-state index in [0.717, 1.165) is 25.1 Å². The highest BCUT2D eigenvalue weighted by molar-refractivity contribution is 7.89. The molecule has 38 heavy (non-hydrogen) atoms. The summed E-state index contributed by atoms with van der Waals surface area (Å²) >= 11 is 4.47. The number of hydrazine groups is 1. The minimum atomic E-state index is -4.05. The van der Waals surface area contributed by atoms with Crippen molar-refractivity contribution in [1.82, 2.24) is 14.1 Å². The van der Waals surface area contributed by atoms with E-state index in [0.29, 0.717) is 5.56 Å². The molecule has 1 aliphatic rings. The van der Waals surface area contributed by atoms with Crippen LogP contribution in [0.4, 0.5) is 0 Å². The van der Waals surface area contributed by atoms with Gasteiger partial charge < -0.3 is 0 Å². The van der Waals surface area contributed by atoms with Crippen molar-refractivity contribution in [1.29, 1.82) is 0 Å². The van der Waals surface area contributed by atoms with Gasteiger partial charge in [-0.15, -0.1) is 4.41 Å². The summed E-state index contributed by atoms with van der Waals surface area (Å²) in [7, 11) is -7.99. The van der Waals surface area contributed by atoms with Crippen molar-refractivity contribution >= 4 is 49.4 Å². The van der Waals surface area contributed by atoms with E-state index in [1.165, 1.54) is 6.07 Å². The summed E-state index contributed by atoms with van der Waals surface area (Å²) in [5, 5.41) is 1.29. The van der Waals surface area contributed by atoms with Crippen LogP contribution in [0.25, 0.3) is 10.8 Å². The Morgan fingerprint density at radius 3 is 2.34 bits per heavy atom. The number of carbonyl (C=O) groups is 1. The molecule has 0 aromatic heterocycles. The maximum Gasteiger partial charge on any atom is 0.253 e. The monoisotopic (exact) mass is 575 g/mol. The molecule has 1 saturated heterocycles. The van der Waals surface area contributed by atoms with Gasteiger partial charge in [-0.1, -0.05) is 74.0 Å². The minimum absolute atomic E-state index is 0.0383. The molecular formula is C27H33N3O5S3. The van der Waals surface area contributed by atoms with Gasteiger partial charge in [-0.2, -0.15) is 16.9 Å². The molecule has 0 aliphatic carbocycles. The Morgan fingerprint density at radius 2 is 1.68 bits per heavy atom. The molecule has 11 heteroatoms. The highest BCUT2D eigenvalue weighted by atomic mass is 32.2. The zero-order chi connectivity index (χ0) is 27.7. The lowest BCUT2D eigenvalue weighted by Gasteiger charge is -2.28. The number of rotatable bonds is 9. The third kappa shape index (κ3) is 6.40. The van der Waals surface area contributed by atoms with Crippen LogP contribution < -0.4 is 5.43 Å². The standard InChI is InChI=1S/C27H33N3O5S3/c1-19(2)16-30(37(32,33)18-21-10-8-20(3)9-11-21)28-27(31)26-15-24(36)17-29(26)38(34,35)25-13-12-22-6-4-5-7-23(22)14-25/h4-14,19,24,26,36H,15-18H2,1-3H3,(H,28,31)/t24-,26+/m1/s1. The summed E-state index contributed by atoms with van der Waals surface area (Å²) in [5.74, 6) is -1.07. The largest absolute Gasteiger partial charge is 0.274 e. The van der Waals surface area contributed by atoms with Crippen LogP contribution in [0.1, 0.15) is 31.4 Å². The Bertz CT molecular complexity index is 1520. The zero-order valence-electron chi connectivity index (χ0n) is 21.6. The molecule has 3 aromatic rings. The smallest absolute Gasteiger partial charge is 0.253 e. The van der Waals surface area contributed by atoms with Gasteiger partial charge in [-0.05, 0) is 47.7 Å². The molecule has 204 valence electrons. The van der Waals surface area contributed by atoms with Gasteiger partial charge in [0.15, 0.2) is 0 Å². The van der Waals surface area contributed by atoms with Crippen LogP contribution in [0.5, 0.6) is 0 Å². The van der Waals surface area contributed by atoms with E-state index in [9.17, 15) is 21.6 Å². The molecule has 2 atom stereocenters. The lowest BCUT2D eigenvalue weighted by atomic mass is 10.1. The highest BCUT2D eigenvalue weighted by Gasteiger charge is 2.44. The first-order chi connectivity index (χ1) is 17.9. The fraction of sp³-hybridized carbons (Fsp3) is 0.370. The number of sulfonamides is 2. The number of nitrogens with zero attached hydrogens (tertiary/aromatic N) is 2. The van der Waals surface area contributed by atoms with Crippen LogP contribution in [0.15, 0.2) is 71.6 Å². The summed E-state index contributed by atoms with van der Waals surface area (Å²) in [6, 6.07) is 18.3. The fourth-order valence-corrected chi connectivity index (χ4v) is 8.17. The van der Waals surface area contributed by atoms with Crippen molar-refractivity contribution in [3.8, 4) is 0 Å². The number of amides is 1. The number of fused-ring (bicyclic) bond motifs is 1. The minimum Gasteiger partial charge on any atom is -0.274 e. The van der Waals surface area contributed by atoms with Crippen molar-refractivity contribution in [2.24, 2.45) is 5.92 Å². The van der Waals surface area contributed by atoms with E-state index in [-0.39, 0.29) is 41.3 Å². The average Bonchev–Trinajstić information content (AvgIpc) is 3.27. The molecule has 1 N–H and O–H groups in total. The first-order valence-electron chi connectivity index (χ1n) is 12.4. The zero-order valence-corrected chi connectivity index (χ0v) is 24.1. The summed E-state index contributed by atoms with van der Waals surface area (Å²) < 4.78 is 56.0. The predicted octanol–water partition coefficient (Wildman–Crippen LogP) is 3.73. The van der Waals surface area contributed by atoms with E-state index >= 15 is 0 Å². The highest BCUT2D eigenvalue weighted by Crippen LogP contribution is 2.30. The average molecular weight is 576 g/mol. The molecule has 1 heterocycles. The lowest BCUT2D eigenvalue weighted by Crippen LogP contribution is -2.54. The van der Waals surface area contributed by atoms with Gasteiger partial charge >= 0.3 is 0 Å². The summed E-state index contributed by atoms with van der Waals surface area (Å²) in [6.45, 7) is 5.69. The third-order valence-electron chi connectivity index (χ3n) is 6.44. The van der Waals surface area contributed by atoms with Gasteiger partial charge in [0.1, 0.15) is 6.04 Å². The maximum absolute atomic E-state index is 13.6. The quantitative estimate of drug-likeness (QED) is 0.299. The first-order valence-corrected chi connectivity index (χ1v) is 16.0. The van der Waals surface area contributed by atoms with Crippen molar-refractivity contribution in [2.75, 3.05) is 13.1 Å². The summed E-state index contributed by atoms with van der Waals surface area (Å²) in [4.78, 5) is 13.5. The van der Waals surface area contributed by atoms with E-state index in [4.69, 9.17) is 0 Å². The third-order valence-corrected chi connectivity index (χ3v) is 10.3. The topological polar surface area (TPSA) is 104 Å². The second-order valence-electron chi connectivity index (χ2n) is 10.1. The first kappa shape index (κ1) is 28.6. The Morgan fingerprint density at radius 1 is 1.03 bits per heavy atom. The Labute approximate surface area is 230 Å². The molecule has 4 rings (SSSR count). The molecule has 3 aromatic carbocycles. The van der Waals surface area contributed by atoms with E-state index < -0.39 is 32.0 Å². The number of carbonyl (C=O) groups excluding carboxylic acids is 1. The molecule has 0 bridgehead atoms. The Balaban J connectivity index is 1.59. The maximum atomic E-state index is 13.6. The van der Waals surface area contributed by atoms with Crippen molar-refractivity contribution < 1.29 is 21.6 Å². The molecule has 0 unspecified atom stereocenters. The number of benzene rings is 3. The van der Waals surface area contributed by atoms with Crippen LogP contribution in [-0.2, 0) is 30.6 Å². The second kappa shape index (κ2) is 11.4. The SMILES string of the molecule is Cc1ccc(CS(=O)(=O)N(CC(C)C)NC(=O)[C@@H]2C[C@@H](S)CN2S(=O)(=O)c2ccc3ccccc3c2)cc1. The van der Waals surface area contributed by atoms with Crippen LogP contribution >= 0.6 is 12.6 Å². The molecule has 0 saturated carbocycles. The number of hydrogen-bond acceptors (Lipinski definition) is 6. The summed E-state index contributed by atoms with van der Waals surface area (Å²) in [6.07, 6.45) is 0.162. The van der Waals surface area contributed by atoms with E-state index in [1.807, 2.05) is 57.2 Å². The number of hydrogen-bond donors (Lipinski definition) is 2. The molecular weight excluding hydrogens is 543 g/mol. The van der Waals surface area contributed by atoms with Gasteiger partial charge in [0.2, 0.25) is 20.0 Å². The molecule has 0 spiro atoms. The molecule has 1 aliphatic heterocycles. The van der Waals surface area contributed by atoms with Gasteiger partial charge in [0.05, 0.1) is 10.6 Å². The second-order valence-corrected chi connectivity index (χ2v) is 14.6. The van der Waals surface area contributed by atoms with E-state index in [1.54, 1.807) is 24.3 Å².